The van der Waals surface area contributed by atoms with E-state index in [9.17, 15) is 30.3 Å². The van der Waals surface area contributed by atoms with Crippen molar-refractivity contribution in [2.45, 2.75) is 249 Å². The van der Waals surface area contributed by atoms with Crippen LogP contribution in [0.2, 0.25) is 0 Å². The van der Waals surface area contributed by atoms with Crippen LogP contribution in [0, 0.1) is 0 Å². The quantitative estimate of drug-likeness (QED) is 0.0261. The number of aliphatic hydroxyl groups excluding tert-OH is 5. The van der Waals surface area contributed by atoms with Crippen LogP contribution in [-0.2, 0) is 14.3 Å². The molecule has 1 rings (SSSR count). The molecule has 9 nitrogen and oxygen atoms in total. The zero-order valence-electron chi connectivity index (χ0n) is 43.5. The standard InChI is InChI=1S/C60H101NO8/c1-3-5-7-9-11-13-15-17-19-20-21-22-23-24-25-26-27-28-29-30-31-32-33-34-36-38-40-42-44-46-48-50-56(64)61-53(52-68-60-59(67)58(66)57(65)55(51-62)69-60)54(63)49-47-45-43-41-39-37-35-18-16-14-12-10-8-6-4-2/h5,7,11,13,17,19,21-22,24-25,27-28,30-31,39,41,47,49,53-55,57-60,62-63,65-67H,3-4,6,8-10,12,14-16,18,20,23,26,29,32-38,40,42-46,48,50-52H2,1-2H3,(H,61,64)/b7-5-,13-11-,19-17-,22-21-,25-24-,28-27-,31-30-,41-39+,49-47+. The predicted molar refractivity (Wildman–Crippen MR) is 290 cm³/mol. The molecule has 1 aliphatic heterocycles. The zero-order valence-corrected chi connectivity index (χ0v) is 43.5. The van der Waals surface area contributed by atoms with E-state index in [4.69, 9.17) is 9.47 Å². The topological polar surface area (TPSA) is 149 Å². The van der Waals surface area contributed by atoms with E-state index in [-0.39, 0.29) is 12.5 Å². The molecule has 0 bridgehead atoms. The van der Waals surface area contributed by atoms with Crippen LogP contribution in [0.4, 0.5) is 0 Å². The first-order valence-electron chi connectivity index (χ1n) is 27.6. The number of hydrogen-bond acceptors (Lipinski definition) is 8. The van der Waals surface area contributed by atoms with Crippen molar-refractivity contribution in [1.82, 2.24) is 5.32 Å². The third kappa shape index (κ3) is 38.2. The Labute approximate surface area is 421 Å². The number of ether oxygens (including phenoxy) is 2. The molecule has 1 amide bonds. The first-order chi connectivity index (χ1) is 33.8. The molecule has 394 valence electrons. The minimum atomic E-state index is -1.58. The molecule has 0 aromatic rings. The maximum atomic E-state index is 13.0. The van der Waals surface area contributed by atoms with Crippen LogP contribution in [0.3, 0.4) is 0 Å². The summed E-state index contributed by atoms with van der Waals surface area (Å²) in [6.07, 6.45) is 64.3. The van der Waals surface area contributed by atoms with Crippen LogP contribution in [0.25, 0.3) is 0 Å². The molecule has 0 aliphatic carbocycles. The molecule has 0 radical (unpaired) electrons. The summed E-state index contributed by atoms with van der Waals surface area (Å²) in [5.74, 6) is -0.198. The summed E-state index contributed by atoms with van der Waals surface area (Å²) < 4.78 is 11.2. The Bertz CT molecular complexity index is 1440. The highest BCUT2D eigenvalue weighted by molar-refractivity contribution is 5.76. The van der Waals surface area contributed by atoms with E-state index >= 15 is 0 Å². The van der Waals surface area contributed by atoms with E-state index in [1.165, 1.54) is 89.9 Å². The highest BCUT2D eigenvalue weighted by atomic mass is 16.7. The van der Waals surface area contributed by atoms with E-state index in [0.29, 0.717) is 6.42 Å². The third-order valence-electron chi connectivity index (χ3n) is 12.3. The zero-order chi connectivity index (χ0) is 50.1. The smallest absolute Gasteiger partial charge is 0.220 e. The van der Waals surface area contributed by atoms with Crippen LogP contribution in [-0.4, -0.2) is 87.5 Å². The number of unbranched alkanes of at least 4 members (excludes halogenated alkanes) is 19. The van der Waals surface area contributed by atoms with Gasteiger partial charge in [-0.3, -0.25) is 4.79 Å². The number of carbonyl (C=O) groups excluding carboxylic acids is 1. The molecule has 1 heterocycles. The van der Waals surface area contributed by atoms with Crippen molar-refractivity contribution in [2.24, 2.45) is 0 Å². The van der Waals surface area contributed by atoms with Crippen LogP contribution in [0.5, 0.6) is 0 Å². The first-order valence-corrected chi connectivity index (χ1v) is 27.6. The SMILES string of the molecule is CC/C=C\C/C=C\C/C=C\C/C=C\C/C=C\C/C=C\C/C=C\CCCCCCCCCCCC(=O)NC(COC1OC(CO)C(O)C(O)C1O)C(O)/C=C/CC/C=C/CCCCCCCCCCC. The minimum Gasteiger partial charge on any atom is -0.394 e. The van der Waals surface area contributed by atoms with Crippen LogP contribution >= 0.6 is 0 Å². The van der Waals surface area contributed by atoms with Gasteiger partial charge in [-0.05, 0) is 89.9 Å². The lowest BCUT2D eigenvalue weighted by Crippen LogP contribution is -2.60. The molecule has 0 aromatic heterocycles. The molecule has 1 saturated heterocycles. The first kappa shape index (κ1) is 63.9. The molecule has 1 fully saturated rings. The third-order valence-corrected chi connectivity index (χ3v) is 12.3. The average Bonchev–Trinajstić information content (AvgIpc) is 3.35. The van der Waals surface area contributed by atoms with Gasteiger partial charge in [-0.1, -0.05) is 220 Å². The monoisotopic (exact) mass is 964 g/mol. The number of carbonyl (C=O) groups is 1. The van der Waals surface area contributed by atoms with E-state index in [1.807, 2.05) is 6.08 Å². The second-order valence-corrected chi connectivity index (χ2v) is 18.6. The van der Waals surface area contributed by atoms with Gasteiger partial charge in [0.1, 0.15) is 24.4 Å². The number of nitrogens with one attached hydrogen (secondary N) is 1. The number of rotatable bonds is 45. The Morgan fingerprint density at radius 1 is 0.507 bits per heavy atom. The summed E-state index contributed by atoms with van der Waals surface area (Å²) in [6.45, 7) is 3.63. The van der Waals surface area contributed by atoms with Crippen LogP contribution < -0.4 is 5.32 Å². The van der Waals surface area contributed by atoms with Crippen molar-refractivity contribution in [3.05, 3.63) is 109 Å². The van der Waals surface area contributed by atoms with Gasteiger partial charge in [-0.15, -0.1) is 0 Å². The Morgan fingerprint density at radius 2 is 0.913 bits per heavy atom. The molecule has 0 saturated carbocycles. The van der Waals surface area contributed by atoms with Crippen molar-refractivity contribution in [3.63, 3.8) is 0 Å². The lowest BCUT2D eigenvalue weighted by molar-refractivity contribution is -0.302. The minimum absolute atomic E-state index is 0.198. The highest BCUT2D eigenvalue weighted by Crippen LogP contribution is 2.22. The molecule has 9 heteroatoms. The van der Waals surface area contributed by atoms with Crippen molar-refractivity contribution in [1.29, 1.82) is 0 Å². The van der Waals surface area contributed by atoms with E-state index in [1.54, 1.807) is 6.08 Å². The van der Waals surface area contributed by atoms with Gasteiger partial charge in [0, 0.05) is 6.42 Å². The average molecular weight is 964 g/mol. The van der Waals surface area contributed by atoms with E-state index in [2.05, 4.69) is 116 Å². The molecule has 6 N–H and O–H groups in total. The lowest BCUT2D eigenvalue weighted by Gasteiger charge is -2.40. The van der Waals surface area contributed by atoms with Crippen molar-refractivity contribution in [3.8, 4) is 0 Å². The van der Waals surface area contributed by atoms with E-state index in [0.717, 1.165) is 96.3 Å². The van der Waals surface area contributed by atoms with Crippen molar-refractivity contribution < 1.29 is 39.8 Å². The summed E-state index contributed by atoms with van der Waals surface area (Å²) in [6, 6.07) is -0.832. The molecule has 0 spiro atoms. The highest BCUT2D eigenvalue weighted by Gasteiger charge is 2.44. The van der Waals surface area contributed by atoms with Crippen molar-refractivity contribution in [2.75, 3.05) is 13.2 Å². The number of allylic oxidation sites excluding steroid dienone is 17. The molecule has 69 heavy (non-hydrogen) atoms. The predicted octanol–water partition coefficient (Wildman–Crippen LogP) is 13.4. The fourth-order valence-corrected chi connectivity index (χ4v) is 7.97. The van der Waals surface area contributed by atoms with Gasteiger partial charge in [-0.2, -0.15) is 0 Å². The van der Waals surface area contributed by atoms with Crippen LogP contribution in [0.15, 0.2) is 109 Å². The van der Waals surface area contributed by atoms with Gasteiger partial charge >= 0.3 is 0 Å². The maximum Gasteiger partial charge on any atom is 0.220 e. The summed E-state index contributed by atoms with van der Waals surface area (Å²) in [7, 11) is 0. The largest absolute Gasteiger partial charge is 0.394 e. The number of amides is 1. The van der Waals surface area contributed by atoms with Crippen molar-refractivity contribution >= 4 is 5.91 Å². The van der Waals surface area contributed by atoms with Gasteiger partial charge in [-0.25, -0.2) is 0 Å². The Balaban J connectivity index is 2.24. The Morgan fingerprint density at radius 3 is 1.39 bits per heavy atom. The van der Waals surface area contributed by atoms with Gasteiger partial charge in [0.2, 0.25) is 5.91 Å². The molecular formula is C60H101NO8. The molecular weight excluding hydrogens is 863 g/mol. The summed E-state index contributed by atoms with van der Waals surface area (Å²) in [5.41, 5.74) is 0. The maximum absolute atomic E-state index is 13.0. The molecule has 7 unspecified atom stereocenters. The van der Waals surface area contributed by atoms with E-state index < -0.39 is 49.5 Å². The number of hydrogen-bond donors (Lipinski definition) is 6. The lowest BCUT2D eigenvalue weighted by atomic mass is 9.99. The summed E-state index contributed by atoms with van der Waals surface area (Å²) in [4.78, 5) is 13.0. The fourth-order valence-electron chi connectivity index (χ4n) is 7.97. The summed E-state index contributed by atoms with van der Waals surface area (Å²) in [5, 5.41) is 54.4. The molecule has 0 aromatic carbocycles. The van der Waals surface area contributed by atoms with Gasteiger partial charge in [0.05, 0.1) is 25.4 Å². The van der Waals surface area contributed by atoms with Gasteiger partial charge in [0.15, 0.2) is 6.29 Å². The van der Waals surface area contributed by atoms with Gasteiger partial charge in [0.25, 0.3) is 0 Å². The molecule has 7 atom stereocenters. The Kier molecular flexibility index (Phi) is 44.9. The Hall–Kier alpha value is -3.15. The van der Waals surface area contributed by atoms with Crippen LogP contribution in [0.1, 0.15) is 206 Å². The fraction of sp³-hybridized carbons (Fsp3) is 0.683. The molecule has 1 aliphatic rings. The summed E-state index contributed by atoms with van der Waals surface area (Å²) >= 11 is 0. The number of aliphatic hydroxyl groups is 5. The normalized spacial score (nSPS) is 20.4. The second-order valence-electron chi connectivity index (χ2n) is 18.6. The van der Waals surface area contributed by atoms with Gasteiger partial charge < -0.3 is 40.3 Å². The second kappa shape index (κ2) is 48.5.